The van der Waals surface area contributed by atoms with Gasteiger partial charge in [-0.05, 0) is 43.2 Å². The molecule has 9 heteroatoms. The highest BCUT2D eigenvalue weighted by Gasteiger charge is 2.51. The van der Waals surface area contributed by atoms with Crippen molar-refractivity contribution in [2.75, 3.05) is 18.8 Å². The van der Waals surface area contributed by atoms with Crippen molar-refractivity contribution < 1.29 is 9.18 Å². The van der Waals surface area contributed by atoms with E-state index in [1.54, 1.807) is 29.3 Å². The molecule has 0 unspecified atom stereocenters. The molecule has 0 radical (unpaired) electrons. The highest BCUT2D eigenvalue weighted by Crippen LogP contribution is 2.44. The number of benzene rings is 1. The molecule has 32 heavy (non-hydrogen) atoms. The number of hydrogen-bond donors (Lipinski definition) is 2. The maximum atomic E-state index is 13.5. The number of nitrogens with zero attached hydrogens (tertiary/aromatic N) is 5. The number of amides is 2. The van der Waals surface area contributed by atoms with Gasteiger partial charge in [0.2, 0.25) is 0 Å². The van der Waals surface area contributed by atoms with E-state index >= 15 is 0 Å². The molecule has 0 aliphatic carbocycles. The lowest BCUT2D eigenvalue weighted by Crippen LogP contribution is -2.62. The fourth-order valence-corrected chi connectivity index (χ4v) is 4.59. The first kappa shape index (κ1) is 20.0. The average Bonchev–Trinajstić information content (AvgIpc) is 3.32. The third-order valence-electron chi connectivity index (χ3n) is 6.42. The zero-order chi connectivity index (χ0) is 22.5. The summed E-state index contributed by atoms with van der Waals surface area (Å²) in [6.07, 6.45) is 2.54. The summed E-state index contributed by atoms with van der Waals surface area (Å²) >= 11 is 0. The Balaban J connectivity index is 1.29. The molecule has 5 rings (SSSR count). The Morgan fingerprint density at radius 2 is 2.16 bits per heavy atom. The fourth-order valence-electron chi connectivity index (χ4n) is 4.59. The lowest BCUT2D eigenvalue weighted by atomic mass is 9.76. The number of hydrogen-bond acceptors (Lipinski definition) is 5. The molecule has 0 bridgehead atoms. The molecule has 3 N–H and O–H groups in total. The number of halogens is 1. The lowest BCUT2D eigenvalue weighted by molar-refractivity contribution is 0.0906. The number of pyridine rings is 1. The van der Waals surface area contributed by atoms with Crippen LogP contribution in [0, 0.1) is 17.1 Å². The van der Waals surface area contributed by atoms with Gasteiger partial charge in [-0.1, -0.05) is 12.1 Å². The number of aromatic nitrogens is 3. The number of nitrogen functional groups attached to an aromatic ring is 1. The summed E-state index contributed by atoms with van der Waals surface area (Å²) in [7, 11) is 0. The van der Waals surface area contributed by atoms with Crippen LogP contribution in [0.3, 0.4) is 0 Å². The van der Waals surface area contributed by atoms with Crippen LogP contribution in [0.25, 0.3) is 11.3 Å². The SMILES string of the molecule is C[C@@H](NC(=O)N1CC2(CCn3nc(-c4cnc(N)c(C#N)c4)cc32)C1)c1cccc(F)c1. The van der Waals surface area contributed by atoms with Crippen LogP contribution in [0.15, 0.2) is 42.6 Å². The molecule has 162 valence electrons. The fraction of sp³-hybridized carbons (Fsp3) is 0.304. The van der Waals surface area contributed by atoms with Gasteiger partial charge in [0, 0.05) is 42.5 Å². The van der Waals surface area contributed by atoms with Gasteiger partial charge in [0.1, 0.15) is 17.7 Å². The molecular weight excluding hydrogens is 409 g/mol. The van der Waals surface area contributed by atoms with Crippen molar-refractivity contribution in [1.29, 1.82) is 5.26 Å². The molecule has 0 saturated carbocycles. The molecule has 1 atom stereocenters. The molecule has 2 aromatic heterocycles. The highest BCUT2D eigenvalue weighted by atomic mass is 19.1. The first-order valence-corrected chi connectivity index (χ1v) is 10.4. The van der Waals surface area contributed by atoms with E-state index in [1.165, 1.54) is 12.1 Å². The molecule has 4 heterocycles. The maximum absolute atomic E-state index is 13.5. The minimum atomic E-state index is -0.320. The average molecular weight is 431 g/mol. The molecule has 2 amide bonds. The number of aryl methyl sites for hydroxylation is 1. The summed E-state index contributed by atoms with van der Waals surface area (Å²) in [5.74, 6) is -0.118. The molecule has 2 aliphatic heterocycles. The summed E-state index contributed by atoms with van der Waals surface area (Å²) < 4.78 is 15.4. The Morgan fingerprint density at radius 3 is 2.91 bits per heavy atom. The summed E-state index contributed by atoms with van der Waals surface area (Å²) in [6, 6.07) is 11.6. The van der Waals surface area contributed by atoms with Crippen molar-refractivity contribution in [3.05, 3.63) is 65.2 Å². The minimum Gasteiger partial charge on any atom is -0.383 e. The van der Waals surface area contributed by atoms with Crippen molar-refractivity contribution in [3.63, 3.8) is 0 Å². The van der Waals surface area contributed by atoms with E-state index in [1.807, 2.05) is 23.7 Å². The van der Waals surface area contributed by atoms with Gasteiger partial charge in [-0.2, -0.15) is 10.4 Å². The number of rotatable bonds is 3. The van der Waals surface area contributed by atoms with Gasteiger partial charge in [0.05, 0.1) is 17.3 Å². The van der Waals surface area contributed by atoms with Crippen molar-refractivity contribution >= 4 is 11.8 Å². The molecule has 2 aliphatic rings. The monoisotopic (exact) mass is 431 g/mol. The van der Waals surface area contributed by atoms with Crippen molar-refractivity contribution in [1.82, 2.24) is 25.0 Å². The van der Waals surface area contributed by atoms with E-state index in [0.717, 1.165) is 35.5 Å². The predicted molar refractivity (Wildman–Crippen MR) is 116 cm³/mol. The summed E-state index contributed by atoms with van der Waals surface area (Å²) in [5, 5.41) is 16.8. The standard InChI is InChI=1S/C23H22FN7O/c1-14(15-3-2-4-18(24)8-15)28-22(32)30-12-23(13-30)5-6-31-20(23)9-19(29-31)17-7-16(10-25)21(26)27-11-17/h2-4,7-9,11,14H,5-6,12-13H2,1H3,(H2,26,27)(H,28,32)/t14-/m1/s1. The normalized spacial score (nSPS) is 16.8. The van der Waals surface area contributed by atoms with Gasteiger partial charge in [-0.3, -0.25) is 4.68 Å². The number of nitrogens with two attached hydrogens (primary N) is 1. The van der Waals surface area contributed by atoms with Crippen LogP contribution < -0.4 is 11.1 Å². The lowest BCUT2D eigenvalue weighted by Gasteiger charge is -2.47. The molecule has 3 aromatic rings. The van der Waals surface area contributed by atoms with Gasteiger partial charge in [0.25, 0.3) is 0 Å². The number of fused-ring (bicyclic) bond motifs is 2. The van der Waals surface area contributed by atoms with Crippen LogP contribution in [0.1, 0.15) is 36.2 Å². The third kappa shape index (κ3) is 3.24. The van der Waals surface area contributed by atoms with E-state index in [2.05, 4.69) is 15.4 Å². The van der Waals surface area contributed by atoms with Gasteiger partial charge in [-0.15, -0.1) is 0 Å². The largest absolute Gasteiger partial charge is 0.383 e. The smallest absolute Gasteiger partial charge is 0.317 e. The van der Waals surface area contributed by atoms with E-state index in [4.69, 9.17) is 5.73 Å². The van der Waals surface area contributed by atoms with Crippen LogP contribution >= 0.6 is 0 Å². The second kappa shape index (κ2) is 7.34. The van der Waals surface area contributed by atoms with E-state index in [9.17, 15) is 14.4 Å². The van der Waals surface area contributed by atoms with Crippen LogP contribution in [-0.2, 0) is 12.0 Å². The quantitative estimate of drug-likeness (QED) is 0.662. The first-order chi connectivity index (χ1) is 15.4. The van der Waals surface area contributed by atoms with E-state index < -0.39 is 0 Å². The van der Waals surface area contributed by atoms with E-state index in [0.29, 0.717) is 18.7 Å². The van der Waals surface area contributed by atoms with E-state index in [-0.39, 0.29) is 29.1 Å². The Morgan fingerprint density at radius 1 is 1.34 bits per heavy atom. The van der Waals surface area contributed by atoms with Gasteiger partial charge < -0.3 is 16.0 Å². The number of nitrogens with one attached hydrogen (secondary N) is 1. The number of urea groups is 1. The number of carbonyl (C=O) groups excluding carboxylic acids is 1. The molecule has 1 saturated heterocycles. The first-order valence-electron chi connectivity index (χ1n) is 10.4. The van der Waals surface area contributed by atoms with Gasteiger partial charge in [0.15, 0.2) is 0 Å². The molecule has 1 aromatic carbocycles. The third-order valence-corrected chi connectivity index (χ3v) is 6.42. The van der Waals surface area contributed by atoms with Crippen LogP contribution in [0.2, 0.25) is 0 Å². The zero-order valence-electron chi connectivity index (χ0n) is 17.5. The number of carbonyl (C=O) groups is 1. The second-order valence-corrected chi connectivity index (χ2v) is 8.52. The van der Waals surface area contributed by atoms with Gasteiger partial charge >= 0.3 is 6.03 Å². The Kier molecular flexibility index (Phi) is 4.59. The molecular formula is C23H22FN7O. The Hall–Kier alpha value is -3.93. The number of nitriles is 1. The van der Waals surface area contributed by atoms with Crippen LogP contribution in [0.4, 0.5) is 15.0 Å². The van der Waals surface area contributed by atoms with Crippen LogP contribution in [0.5, 0.6) is 0 Å². The highest BCUT2D eigenvalue weighted by molar-refractivity contribution is 5.76. The van der Waals surface area contributed by atoms with Gasteiger partial charge in [-0.25, -0.2) is 14.2 Å². The zero-order valence-corrected chi connectivity index (χ0v) is 17.5. The van der Waals surface area contributed by atoms with Crippen LogP contribution in [-0.4, -0.2) is 38.8 Å². The topological polar surface area (TPSA) is 113 Å². The number of likely N-dealkylation sites (tertiary alicyclic amines) is 1. The Bertz CT molecular complexity index is 1260. The molecule has 1 spiro atoms. The summed E-state index contributed by atoms with van der Waals surface area (Å²) in [5.41, 5.74) is 9.23. The minimum absolute atomic E-state index is 0.121. The summed E-state index contributed by atoms with van der Waals surface area (Å²) in [4.78, 5) is 18.6. The second-order valence-electron chi connectivity index (χ2n) is 8.52. The van der Waals surface area contributed by atoms with Crippen molar-refractivity contribution in [2.24, 2.45) is 0 Å². The van der Waals surface area contributed by atoms with Crippen molar-refractivity contribution in [3.8, 4) is 17.3 Å². The molecule has 8 nitrogen and oxygen atoms in total. The maximum Gasteiger partial charge on any atom is 0.317 e. The van der Waals surface area contributed by atoms with Crippen molar-refractivity contribution in [2.45, 2.75) is 31.3 Å². The number of anilines is 1. The molecule has 1 fully saturated rings. The predicted octanol–water partition coefficient (Wildman–Crippen LogP) is 2.97. The summed E-state index contributed by atoms with van der Waals surface area (Å²) in [6.45, 7) is 3.82. The Labute approximate surface area is 184 Å².